The number of carboxylic acid groups (broad SMARTS) is 1. The Labute approximate surface area is 169 Å². The van der Waals surface area contributed by atoms with Gasteiger partial charge in [0.15, 0.2) is 0 Å². The quantitative estimate of drug-likeness (QED) is 0.318. The summed E-state index contributed by atoms with van der Waals surface area (Å²) in [5.41, 5.74) is 5.05. The summed E-state index contributed by atoms with van der Waals surface area (Å²) in [5, 5.41) is 11.4. The van der Waals surface area contributed by atoms with Gasteiger partial charge in [0.25, 0.3) is 11.8 Å². The molecular weight excluding hydrogens is 584 g/mol. The Morgan fingerprint density at radius 2 is 1.38 bits per heavy atom. The highest BCUT2D eigenvalue weighted by molar-refractivity contribution is 9.15. The van der Waals surface area contributed by atoms with E-state index < -0.39 is 29.7 Å². The SMILES string of the molecule is NC(=O)CC[C@@H](C(=O)[O-])N1C(=O)c2c(Br)c(Br)c(Br)c(Br)c2C1=O. The molecule has 1 aliphatic rings. The molecule has 0 aromatic heterocycles. The molecule has 1 heterocycles. The number of aliphatic carboxylic acids is 1. The van der Waals surface area contributed by atoms with E-state index in [4.69, 9.17) is 5.73 Å². The normalized spacial score (nSPS) is 14.8. The maximum atomic E-state index is 12.6. The molecule has 0 spiro atoms. The Morgan fingerprint density at radius 1 is 0.958 bits per heavy atom. The number of carboxylic acids is 1. The second kappa shape index (κ2) is 7.22. The predicted octanol–water partition coefficient (Wildman–Crippen LogP) is 1.72. The number of nitrogens with zero attached hydrogens (tertiary/aromatic N) is 1. The lowest BCUT2D eigenvalue weighted by Crippen LogP contribution is -2.51. The first-order chi connectivity index (χ1) is 11.1. The molecule has 0 saturated carbocycles. The van der Waals surface area contributed by atoms with Gasteiger partial charge in [-0.15, -0.1) is 0 Å². The maximum absolute atomic E-state index is 12.6. The molecule has 0 fully saturated rings. The largest absolute Gasteiger partial charge is 0.548 e. The zero-order valence-electron chi connectivity index (χ0n) is 11.6. The van der Waals surface area contributed by atoms with Crippen molar-refractivity contribution in [3.05, 3.63) is 29.0 Å². The second-order valence-corrected chi connectivity index (χ2v) is 8.00. The van der Waals surface area contributed by atoms with Gasteiger partial charge in [0.05, 0.1) is 23.1 Å². The van der Waals surface area contributed by atoms with E-state index in [2.05, 4.69) is 63.7 Å². The molecule has 3 amide bonds. The minimum Gasteiger partial charge on any atom is -0.548 e. The Hall–Kier alpha value is -0.780. The summed E-state index contributed by atoms with van der Waals surface area (Å²) in [5.74, 6) is -3.98. The first-order valence-corrected chi connectivity index (χ1v) is 9.49. The maximum Gasteiger partial charge on any atom is 0.263 e. The van der Waals surface area contributed by atoms with Crippen molar-refractivity contribution in [1.29, 1.82) is 0 Å². The van der Waals surface area contributed by atoms with E-state index in [0.717, 1.165) is 0 Å². The third-order valence-corrected chi connectivity index (χ3v) is 8.15. The lowest BCUT2D eigenvalue weighted by atomic mass is 10.1. The molecule has 1 aromatic rings. The minimum atomic E-state index is -1.64. The number of imide groups is 1. The summed E-state index contributed by atoms with van der Waals surface area (Å²) in [4.78, 5) is 48.2. The van der Waals surface area contributed by atoms with Crippen molar-refractivity contribution < 1.29 is 24.3 Å². The van der Waals surface area contributed by atoms with Gasteiger partial charge < -0.3 is 15.6 Å². The van der Waals surface area contributed by atoms with Crippen molar-refractivity contribution in [1.82, 2.24) is 4.90 Å². The van der Waals surface area contributed by atoms with E-state index in [0.29, 0.717) is 22.8 Å². The summed E-state index contributed by atoms with van der Waals surface area (Å²) < 4.78 is 1.58. The van der Waals surface area contributed by atoms with Crippen LogP contribution in [-0.4, -0.2) is 34.6 Å². The Kier molecular flexibility index (Phi) is 5.88. The van der Waals surface area contributed by atoms with Crippen LogP contribution in [0.3, 0.4) is 0 Å². The van der Waals surface area contributed by atoms with E-state index in [1.165, 1.54) is 0 Å². The molecule has 0 saturated heterocycles. The second-order valence-electron chi connectivity index (χ2n) is 4.83. The molecule has 2 N–H and O–H groups in total. The van der Waals surface area contributed by atoms with Gasteiger partial charge in [0.2, 0.25) is 5.91 Å². The van der Waals surface area contributed by atoms with Crippen LogP contribution < -0.4 is 10.8 Å². The van der Waals surface area contributed by atoms with Gasteiger partial charge in [0, 0.05) is 24.3 Å². The molecule has 128 valence electrons. The van der Waals surface area contributed by atoms with Gasteiger partial charge in [-0.2, -0.15) is 0 Å². The third kappa shape index (κ3) is 3.18. The highest BCUT2D eigenvalue weighted by Crippen LogP contribution is 2.45. The zero-order chi connectivity index (χ0) is 18.3. The Bertz CT molecular complexity index is 748. The van der Waals surface area contributed by atoms with Gasteiger partial charge in [-0.3, -0.25) is 19.3 Å². The topological polar surface area (TPSA) is 121 Å². The van der Waals surface area contributed by atoms with Crippen LogP contribution in [0.2, 0.25) is 0 Å². The highest BCUT2D eigenvalue weighted by atomic mass is 79.9. The first-order valence-electron chi connectivity index (χ1n) is 6.32. The van der Waals surface area contributed by atoms with E-state index in [9.17, 15) is 24.3 Å². The van der Waals surface area contributed by atoms with Crippen LogP contribution in [0.25, 0.3) is 0 Å². The number of carbonyl (C=O) groups excluding carboxylic acids is 4. The number of rotatable bonds is 5. The summed E-state index contributed by atoms with van der Waals surface area (Å²) >= 11 is 13.0. The summed E-state index contributed by atoms with van der Waals surface area (Å²) in [6, 6.07) is -1.60. The monoisotopic (exact) mass is 587 g/mol. The van der Waals surface area contributed by atoms with Crippen LogP contribution in [0, 0.1) is 0 Å². The van der Waals surface area contributed by atoms with Crippen molar-refractivity contribution in [3.8, 4) is 0 Å². The molecular formula is C13H7Br4N2O5-. The first kappa shape index (κ1) is 19.5. The third-order valence-electron chi connectivity index (χ3n) is 3.38. The standard InChI is InChI=1S/C13H8Br4N2O5/c14-7-5-6(8(15)10(17)9(7)16)12(22)19(11(5)21)3(13(23)24)1-2-4(18)20/h3H,1-2H2,(H2,18,20)(H,23,24)/p-1/t3-/m0/s1. The molecule has 1 atom stereocenters. The number of nitrogens with two attached hydrogens (primary N) is 1. The number of fused-ring (bicyclic) bond motifs is 1. The number of benzene rings is 1. The summed E-state index contributed by atoms with van der Waals surface area (Å²) in [7, 11) is 0. The average Bonchev–Trinajstić information content (AvgIpc) is 2.75. The molecule has 2 rings (SSSR count). The predicted molar refractivity (Wildman–Crippen MR) is 95.0 cm³/mol. The number of carbonyl (C=O) groups is 4. The van der Waals surface area contributed by atoms with Gasteiger partial charge in [-0.1, -0.05) is 0 Å². The molecule has 0 unspecified atom stereocenters. The van der Waals surface area contributed by atoms with Crippen LogP contribution in [0.4, 0.5) is 0 Å². The Morgan fingerprint density at radius 3 is 1.71 bits per heavy atom. The molecule has 0 bridgehead atoms. The van der Waals surface area contributed by atoms with Crippen molar-refractivity contribution >= 4 is 87.4 Å². The van der Waals surface area contributed by atoms with E-state index >= 15 is 0 Å². The number of halogens is 4. The van der Waals surface area contributed by atoms with E-state index in [1.807, 2.05) is 0 Å². The number of hydrogen-bond acceptors (Lipinski definition) is 5. The Balaban J connectivity index is 2.57. The van der Waals surface area contributed by atoms with Crippen LogP contribution in [0.15, 0.2) is 17.9 Å². The number of primary amides is 1. The lowest BCUT2D eigenvalue weighted by molar-refractivity contribution is -0.310. The fraction of sp³-hybridized carbons (Fsp3) is 0.231. The molecule has 1 aromatic carbocycles. The molecule has 0 aliphatic carbocycles. The van der Waals surface area contributed by atoms with Gasteiger partial charge >= 0.3 is 0 Å². The lowest BCUT2D eigenvalue weighted by Gasteiger charge is -2.26. The molecule has 1 aliphatic heterocycles. The van der Waals surface area contributed by atoms with Crippen LogP contribution in [0.1, 0.15) is 33.6 Å². The average molecular weight is 591 g/mol. The molecule has 7 nitrogen and oxygen atoms in total. The fourth-order valence-electron chi connectivity index (χ4n) is 2.28. The number of amides is 3. The summed E-state index contributed by atoms with van der Waals surface area (Å²) in [6.07, 6.45) is -0.623. The van der Waals surface area contributed by atoms with E-state index in [1.54, 1.807) is 0 Å². The van der Waals surface area contributed by atoms with E-state index in [-0.39, 0.29) is 24.0 Å². The smallest absolute Gasteiger partial charge is 0.263 e. The van der Waals surface area contributed by atoms with Crippen molar-refractivity contribution in [2.45, 2.75) is 18.9 Å². The van der Waals surface area contributed by atoms with Crippen LogP contribution >= 0.6 is 63.7 Å². The molecule has 0 radical (unpaired) electrons. The highest BCUT2D eigenvalue weighted by Gasteiger charge is 2.44. The summed E-state index contributed by atoms with van der Waals surface area (Å²) in [6.45, 7) is 0. The molecule has 24 heavy (non-hydrogen) atoms. The van der Waals surface area contributed by atoms with Crippen molar-refractivity contribution in [2.24, 2.45) is 5.73 Å². The van der Waals surface area contributed by atoms with Gasteiger partial charge in [-0.05, 0) is 70.1 Å². The fourth-order valence-corrected chi connectivity index (χ4v) is 4.74. The molecule has 11 heteroatoms. The van der Waals surface area contributed by atoms with Gasteiger partial charge in [-0.25, -0.2) is 0 Å². The van der Waals surface area contributed by atoms with Crippen LogP contribution in [0.5, 0.6) is 0 Å². The minimum absolute atomic E-state index is 0.0206. The van der Waals surface area contributed by atoms with Crippen molar-refractivity contribution in [2.75, 3.05) is 0 Å². The van der Waals surface area contributed by atoms with Crippen molar-refractivity contribution in [3.63, 3.8) is 0 Å². The van der Waals surface area contributed by atoms with Crippen LogP contribution in [-0.2, 0) is 9.59 Å². The zero-order valence-corrected chi connectivity index (χ0v) is 17.9. The van der Waals surface area contributed by atoms with Gasteiger partial charge in [0.1, 0.15) is 0 Å². The number of hydrogen-bond donors (Lipinski definition) is 1.